The van der Waals surface area contributed by atoms with Gasteiger partial charge in [0.05, 0.1) is 27.7 Å². The second-order valence-corrected chi connectivity index (χ2v) is 8.89. The number of H-pyrrole nitrogens is 1. The van der Waals surface area contributed by atoms with Crippen molar-refractivity contribution in [2.24, 2.45) is 7.05 Å². The maximum Gasteiger partial charge on any atom is 0.260 e. The minimum atomic E-state index is -3.55. The predicted octanol–water partition coefficient (Wildman–Crippen LogP) is 1.13. The van der Waals surface area contributed by atoms with Crippen LogP contribution in [0, 0.1) is 5.82 Å². The first kappa shape index (κ1) is 18.5. The number of fused-ring (bicyclic) bond motifs is 1. The molecule has 0 spiro atoms. The van der Waals surface area contributed by atoms with Gasteiger partial charge in [-0.25, -0.2) is 12.8 Å². The number of rotatable bonds is 3. The number of hydrogen-bond acceptors (Lipinski definition) is 6. The Hall–Kier alpha value is -2.88. The number of halogens is 1. The molecule has 1 N–H and O–H groups in total. The Balaban J connectivity index is 1.59. The van der Waals surface area contributed by atoms with Gasteiger partial charge in [-0.1, -0.05) is 0 Å². The molecule has 0 radical (unpaired) electrons. The largest absolute Gasteiger partial charge is 0.367 e. The second-order valence-electron chi connectivity index (χ2n) is 6.91. The second kappa shape index (κ2) is 6.62. The van der Waals surface area contributed by atoms with E-state index in [-0.39, 0.29) is 10.5 Å². The SMILES string of the molecule is Cn1ncc2c(=O)[nH]c(N3CCN(c4ccc(F)cc4S(C)(=O)=O)CC3)cc21. The summed E-state index contributed by atoms with van der Waals surface area (Å²) in [5, 5.41) is 4.65. The van der Waals surface area contributed by atoms with E-state index in [1.807, 2.05) is 15.9 Å². The molecule has 0 amide bonds. The number of piperazine rings is 1. The van der Waals surface area contributed by atoms with Gasteiger partial charge in [0.25, 0.3) is 5.56 Å². The Morgan fingerprint density at radius 2 is 1.79 bits per heavy atom. The Bertz CT molecular complexity index is 1210. The van der Waals surface area contributed by atoms with Gasteiger partial charge >= 0.3 is 0 Å². The van der Waals surface area contributed by atoms with Crippen molar-refractivity contribution in [3.63, 3.8) is 0 Å². The molecule has 10 heteroatoms. The summed E-state index contributed by atoms with van der Waals surface area (Å²) < 4.78 is 39.3. The molecule has 0 atom stereocenters. The lowest BCUT2D eigenvalue weighted by atomic mass is 10.2. The summed E-state index contributed by atoms with van der Waals surface area (Å²) in [5.41, 5.74) is 1.05. The van der Waals surface area contributed by atoms with Crippen molar-refractivity contribution in [1.82, 2.24) is 14.8 Å². The van der Waals surface area contributed by atoms with Crippen molar-refractivity contribution in [2.45, 2.75) is 4.90 Å². The van der Waals surface area contributed by atoms with Gasteiger partial charge in [-0.2, -0.15) is 5.10 Å². The van der Waals surface area contributed by atoms with E-state index in [1.165, 1.54) is 18.3 Å². The molecule has 148 valence electrons. The van der Waals surface area contributed by atoms with E-state index in [1.54, 1.807) is 11.7 Å². The van der Waals surface area contributed by atoms with Crippen LogP contribution >= 0.6 is 0 Å². The fraction of sp³-hybridized carbons (Fsp3) is 0.333. The number of benzene rings is 1. The van der Waals surface area contributed by atoms with Crippen LogP contribution in [0.2, 0.25) is 0 Å². The van der Waals surface area contributed by atoms with E-state index in [2.05, 4.69) is 10.1 Å². The molecule has 1 aromatic carbocycles. The molecule has 3 aromatic rings. The molecule has 0 aliphatic carbocycles. The number of aromatic amines is 1. The first-order chi connectivity index (χ1) is 13.2. The van der Waals surface area contributed by atoms with Gasteiger partial charge in [0.15, 0.2) is 9.84 Å². The number of nitrogens with one attached hydrogen (secondary N) is 1. The fourth-order valence-electron chi connectivity index (χ4n) is 3.55. The van der Waals surface area contributed by atoms with E-state index in [4.69, 9.17) is 0 Å². The topological polar surface area (TPSA) is 91.3 Å². The summed E-state index contributed by atoms with van der Waals surface area (Å²) in [5.74, 6) is 0.119. The minimum absolute atomic E-state index is 0.00865. The number of pyridine rings is 1. The van der Waals surface area contributed by atoms with Crippen molar-refractivity contribution in [3.8, 4) is 0 Å². The number of anilines is 2. The van der Waals surface area contributed by atoms with Crippen LogP contribution in [0.1, 0.15) is 0 Å². The average molecular weight is 405 g/mol. The molecule has 1 aliphatic heterocycles. The molecule has 8 nitrogen and oxygen atoms in total. The molecule has 0 saturated carbocycles. The molecule has 0 bridgehead atoms. The lowest BCUT2D eigenvalue weighted by Gasteiger charge is -2.37. The quantitative estimate of drug-likeness (QED) is 0.703. The molecule has 1 fully saturated rings. The summed E-state index contributed by atoms with van der Waals surface area (Å²) in [6.45, 7) is 2.25. The van der Waals surface area contributed by atoms with Crippen molar-refractivity contribution < 1.29 is 12.8 Å². The van der Waals surface area contributed by atoms with Crippen molar-refractivity contribution >= 4 is 32.2 Å². The molecule has 2 aromatic heterocycles. The summed E-state index contributed by atoms with van der Waals surface area (Å²) in [6, 6.07) is 5.72. The molecule has 1 saturated heterocycles. The van der Waals surface area contributed by atoms with Crippen LogP contribution < -0.4 is 15.4 Å². The molecule has 3 heterocycles. The first-order valence-electron chi connectivity index (χ1n) is 8.78. The Labute approximate surface area is 161 Å². The molecule has 4 rings (SSSR count). The highest BCUT2D eigenvalue weighted by Gasteiger charge is 2.24. The van der Waals surface area contributed by atoms with Crippen LogP contribution in [0.25, 0.3) is 10.9 Å². The zero-order chi connectivity index (χ0) is 20.1. The van der Waals surface area contributed by atoms with Gasteiger partial charge in [-0.15, -0.1) is 0 Å². The lowest BCUT2D eigenvalue weighted by Crippen LogP contribution is -2.47. The average Bonchev–Trinajstić information content (AvgIpc) is 3.03. The molecule has 1 aliphatic rings. The number of nitrogens with zero attached hydrogens (tertiary/aromatic N) is 4. The smallest absolute Gasteiger partial charge is 0.260 e. The molecule has 0 unspecified atom stereocenters. The summed E-state index contributed by atoms with van der Waals surface area (Å²) in [7, 11) is -1.77. The highest BCUT2D eigenvalue weighted by atomic mass is 32.2. The standard InChI is InChI=1S/C18H20FN5O3S/c1-22-15-10-17(21-18(25)13(15)11-20-22)24-7-5-23(6-8-24)14-4-3-12(19)9-16(14)28(2,26)27/h3-4,9-11H,5-8H2,1-2H3,(H,21,25). The van der Waals surface area contributed by atoms with Gasteiger partial charge in [-0.3, -0.25) is 9.48 Å². The maximum absolute atomic E-state index is 13.6. The Kier molecular flexibility index (Phi) is 4.37. The van der Waals surface area contributed by atoms with Crippen LogP contribution in [-0.4, -0.2) is 55.6 Å². The number of sulfone groups is 1. The van der Waals surface area contributed by atoms with E-state index in [0.29, 0.717) is 43.1 Å². The van der Waals surface area contributed by atoms with Crippen LogP contribution in [0.15, 0.2) is 40.2 Å². The molecular formula is C18H20FN5O3S. The minimum Gasteiger partial charge on any atom is -0.367 e. The predicted molar refractivity (Wildman–Crippen MR) is 105 cm³/mol. The fourth-order valence-corrected chi connectivity index (χ4v) is 4.45. The molecular weight excluding hydrogens is 385 g/mol. The Morgan fingerprint density at radius 1 is 1.11 bits per heavy atom. The Morgan fingerprint density at radius 3 is 2.46 bits per heavy atom. The van der Waals surface area contributed by atoms with E-state index in [9.17, 15) is 17.6 Å². The highest BCUT2D eigenvalue weighted by Crippen LogP contribution is 2.28. The molecule has 28 heavy (non-hydrogen) atoms. The number of aromatic nitrogens is 3. The third kappa shape index (κ3) is 3.24. The van der Waals surface area contributed by atoms with Crippen molar-refractivity contribution in [3.05, 3.63) is 46.6 Å². The van der Waals surface area contributed by atoms with Gasteiger partial charge in [-0.05, 0) is 18.2 Å². The number of aryl methyl sites for hydroxylation is 1. The summed E-state index contributed by atoms with van der Waals surface area (Å²) in [4.78, 5) is 19.1. The van der Waals surface area contributed by atoms with Crippen LogP contribution in [0.3, 0.4) is 0 Å². The van der Waals surface area contributed by atoms with Crippen LogP contribution in [0.4, 0.5) is 15.9 Å². The monoisotopic (exact) mass is 405 g/mol. The van der Waals surface area contributed by atoms with E-state index in [0.717, 1.165) is 17.8 Å². The zero-order valence-corrected chi connectivity index (χ0v) is 16.3. The lowest BCUT2D eigenvalue weighted by molar-refractivity contribution is 0.592. The van der Waals surface area contributed by atoms with E-state index >= 15 is 0 Å². The zero-order valence-electron chi connectivity index (χ0n) is 15.5. The van der Waals surface area contributed by atoms with Gasteiger partial charge in [0, 0.05) is 45.5 Å². The first-order valence-corrected chi connectivity index (χ1v) is 10.7. The third-order valence-electron chi connectivity index (χ3n) is 5.03. The van der Waals surface area contributed by atoms with Crippen molar-refractivity contribution in [1.29, 1.82) is 0 Å². The highest BCUT2D eigenvalue weighted by molar-refractivity contribution is 7.90. The third-order valence-corrected chi connectivity index (χ3v) is 6.15. The summed E-state index contributed by atoms with van der Waals surface area (Å²) in [6.07, 6.45) is 2.62. The van der Waals surface area contributed by atoms with Gasteiger partial charge < -0.3 is 14.8 Å². The van der Waals surface area contributed by atoms with Crippen molar-refractivity contribution in [2.75, 3.05) is 42.2 Å². The van der Waals surface area contributed by atoms with Crippen LogP contribution in [0.5, 0.6) is 0 Å². The number of hydrogen-bond donors (Lipinski definition) is 1. The van der Waals surface area contributed by atoms with Gasteiger partial charge in [0.1, 0.15) is 11.6 Å². The van der Waals surface area contributed by atoms with Gasteiger partial charge in [0.2, 0.25) is 0 Å². The van der Waals surface area contributed by atoms with Crippen LogP contribution in [-0.2, 0) is 16.9 Å². The normalized spacial score (nSPS) is 15.4. The van der Waals surface area contributed by atoms with E-state index < -0.39 is 15.7 Å². The summed E-state index contributed by atoms with van der Waals surface area (Å²) >= 11 is 0. The maximum atomic E-state index is 13.6.